The third-order valence-electron chi connectivity index (χ3n) is 3.76. The summed E-state index contributed by atoms with van der Waals surface area (Å²) in [6.45, 7) is 7.74. The molecule has 0 bridgehead atoms. The molecule has 1 aromatic rings. The fraction of sp³-hybridized carbons (Fsp3) is 0.706. The zero-order chi connectivity index (χ0) is 18.8. The van der Waals surface area contributed by atoms with Crippen molar-refractivity contribution in [2.24, 2.45) is 12.0 Å². The lowest BCUT2D eigenvalue weighted by Gasteiger charge is -2.21. The van der Waals surface area contributed by atoms with E-state index < -0.39 is 0 Å². The van der Waals surface area contributed by atoms with Crippen LogP contribution >= 0.6 is 23.2 Å². The molecular formula is C17H31Cl2N5O. The fourth-order valence-corrected chi connectivity index (χ4v) is 2.75. The molecule has 8 heteroatoms. The number of nitrogens with one attached hydrogen (secondary N) is 2. The van der Waals surface area contributed by atoms with Gasteiger partial charge in [0.05, 0.1) is 17.7 Å². The average molecular weight is 392 g/mol. The quantitative estimate of drug-likeness (QED) is 0.475. The van der Waals surface area contributed by atoms with Gasteiger partial charge in [-0.3, -0.25) is 0 Å². The standard InChI is InChI=1S/C17H31Cl2N5O/c1-6-20-17(21-11-13-10-15(18)16(19)24(13)5)22-12-14(25-7-2)8-9-23(3)4/h10,14H,6-9,11-12H2,1-5H3,(H2,20,21,22). The van der Waals surface area contributed by atoms with Crippen molar-refractivity contribution in [2.45, 2.75) is 32.9 Å². The molecule has 144 valence electrons. The molecule has 2 N–H and O–H groups in total. The van der Waals surface area contributed by atoms with Crippen molar-refractivity contribution in [3.8, 4) is 0 Å². The number of ether oxygens (including phenoxy) is 1. The highest BCUT2D eigenvalue weighted by Crippen LogP contribution is 2.25. The minimum absolute atomic E-state index is 0.148. The van der Waals surface area contributed by atoms with Gasteiger partial charge in [-0.1, -0.05) is 23.2 Å². The number of nitrogens with zero attached hydrogens (tertiary/aromatic N) is 3. The molecule has 0 aromatic carbocycles. The summed E-state index contributed by atoms with van der Waals surface area (Å²) in [6, 6.07) is 1.84. The van der Waals surface area contributed by atoms with Crippen LogP contribution < -0.4 is 10.6 Å². The first-order chi connectivity index (χ1) is 11.9. The summed E-state index contributed by atoms with van der Waals surface area (Å²) in [5, 5.41) is 7.70. The summed E-state index contributed by atoms with van der Waals surface area (Å²) in [5.41, 5.74) is 0.959. The Hall–Kier alpha value is -0.950. The normalized spacial score (nSPS) is 13.4. The smallest absolute Gasteiger partial charge is 0.191 e. The van der Waals surface area contributed by atoms with Crippen molar-refractivity contribution in [3.05, 3.63) is 21.9 Å². The van der Waals surface area contributed by atoms with Gasteiger partial charge in [0.1, 0.15) is 5.15 Å². The molecule has 0 fully saturated rings. The molecule has 0 spiro atoms. The molecule has 25 heavy (non-hydrogen) atoms. The molecule has 0 amide bonds. The van der Waals surface area contributed by atoms with Crippen LogP contribution in [0.3, 0.4) is 0 Å². The monoisotopic (exact) mass is 391 g/mol. The summed E-state index contributed by atoms with van der Waals surface area (Å²) in [5.74, 6) is 0.755. The van der Waals surface area contributed by atoms with Crippen LogP contribution in [0.4, 0.5) is 0 Å². The van der Waals surface area contributed by atoms with Crippen LogP contribution in [0.25, 0.3) is 0 Å². The summed E-state index contributed by atoms with van der Waals surface area (Å²) in [4.78, 5) is 6.78. The first-order valence-electron chi connectivity index (χ1n) is 8.67. The largest absolute Gasteiger partial charge is 0.377 e. The number of aliphatic imine (C=N–C) groups is 1. The van der Waals surface area contributed by atoms with Crippen molar-refractivity contribution >= 4 is 29.2 Å². The molecule has 0 saturated heterocycles. The van der Waals surface area contributed by atoms with Crippen molar-refractivity contribution in [2.75, 3.05) is 40.3 Å². The van der Waals surface area contributed by atoms with Crippen LogP contribution in [0.5, 0.6) is 0 Å². The second kappa shape index (κ2) is 11.6. The fourth-order valence-electron chi connectivity index (χ4n) is 2.34. The third kappa shape index (κ3) is 7.86. The van der Waals surface area contributed by atoms with Gasteiger partial charge in [-0.25, -0.2) is 4.99 Å². The van der Waals surface area contributed by atoms with Gasteiger partial charge in [-0.15, -0.1) is 0 Å². The van der Waals surface area contributed by atoms with E-state index in [1.807, 2.05) is 31.5 Å². The SMILES string of the molecule is CCNC(=NCc1cc(Cl)c(Cl)n1C)NCC(CCN(C)C)OCC. The molecule has 1 aromatic heterocycles. The van der Waals surface area contributed by atoms with Gasteiger partial charge < -0.3 is 24.8 Å². The Morgan fingerprint density at radius 1 is 1.32 bits per heavy atom. The number of halogens is 2. The summed E-state index contributed by atoms with van der Waals surface area (Å²) in [6.07, 6.45) is 1.12. The first kappa shape index (κ1) is 22.1. The molecule has 0 saturated carbocycles. The van der Waals surface area contributed by atoms with Crippen LogP contribution in [-0.2, 0) is 18.3 Å². The molecule has 0 aliphatic carbocycles. The number of hydrogen-bond donors (Lipinski definition) is 2. The van der Waals surface area contributed by atoms with E-state index in [9.17, 15) is 0 Å². The number of aromatic nitrogens is 1. The molecule has 1 rings (SSSR count). The van der Waals surface area contributed by atoms with Crippen LogP contribution in [0.2, 0.25) is 10.2 Å². The van der Waals surface area contributed by atoms with E-state index in [4.69, 9.17) is 27.9 Å². The summed E-state index contributed by atoms with van der Waals surface area (Å²) >= 11 is 12.2. The van der Waals surface area contributed by atoms with E-state index in [1.165, 1.54) is 0 Å². The molecule has 1 atom stereocenters. The van der Waals surface area contributed by atoms with E-state index in [2.05, 4.69) is 34.6 Å². The first-order valence-corrected chi connectivity index (χ1v) is 9.42. The molecule has 1 unspecified atom stereocenters. The van der Waals surface area contributed by atoms with Crippen molar-refractivity contribution in [1.29, 1.82) is 0 Å². The molecule has 6 nitrogen and oxygen atoms in total. The lowest BCUT2D eigenvalue weighted by atomic mass is 10.2. The molecule has 0 aliphatic rings. The van der Waals surface area contributed by atoms with Gasteiger partial charge >= 0.3 is 0 Å². The number of guanidine groups is 1. The Bertz CT molecular complexity index is 545. The predicted molar refractivity (Wildman–Crippen MR) is 107 cm³/mol. The van der Waals surface area contributed by atoms with Crippen molar-refractivity contribution in [1.82, 2.24) is 20.1 Å². The van der Waals surface area contributed by atoms with E-state index in [0.717, 1.165) is 31.2 Å². The number of hydrogen-bond acceptors (Lipinski definition) is 3. The van der Waals surface area contributed by atoms with Crippen LogP contribution in [0.15, 0.2) is 11.1 Å². The average Bonchev–Trinajstić information content (AvgIpc) is 2.81. The van der Waals surface area contributed by atoms with Crippen molar-refractivity contribution in [3.63, 3.8) is 0 Å². The van der Waals surface area contributed by atoms with E-state index in [1.54, 1.807) is 0 Å². The highest BCUT2D eigenvalue weighted by Gasteiger charge is 2.11. The maximum absolute atomic E-state index is 6.10. The zero-order valence-corrected chi connectivity index (χ0v) is 17.4. The van der Waals surface area contributed by atoms with E-state index in [-0.39, 0.29) is 6.10 Å². The maximum atomic E-state index is 6.10. The zero-order valence-electron chi connectivity index (χ0n) is 15.9. The second-order valence-electron chi connectivity index (χ2n) is 6.08. The van der Waals surface area contributed by atoms with Crippen molar-refractivity contribution < 1.29 is 4.74 Å². The minimum atomic E-state index is 0.148. The molecule has 0 radical (unpaired) electrons. The van der Waals surface area contributed by atoms with Gasteiger partial charge in [0.15, 0.2) is 5.96 Å². The Morgan fingerprint density at radius 3 is 2.56 bits per heavy atom. The van der Waals surface area contributed by atoms with E-state index in [0.29, 0.717) is 29.9 Å². The maximum Gasteiger partial charge on any atom is 0.191 e. The van der Waals surface area contributed by atoms with Crippen LogP contribution in [0.1, 0.15) is 26.0 Å². The Labute approximate surface area is 161 Å². The molecular weight excluding hydrogens is 361 g/mol. The Balaban J connectivity index is 2.66. The molecule has 0 aliphatic heterocycles. The predicted octanol–water partition coefficient (Wildman–Crippen LogP) is 2.74. The van der Waals surface area contributed by atoms with Gasteiger partial charge in [0, 0.05) is 39.0 Å². The Kier molecular flexibility index (Phi) is 10.3. The Morgan fingerprint density at radius 2 is 2.04 bits per heavy atom. The van der Waals surface area contributed by atoms with Crippen LogP contribution in [-0.4, -0.2) is 61.9 Å². The van der Waals surface area contributed by atoms with Crippen LogP contribution in [0, 0.1) is 0 Å². The highest BCUT2D eigenvalue weighted by molar-refractivity contribution is 6.41. The van der Waals surface area contributed by atoms with Gasteiger partial charge in [-0.2, -0.15) is 0 Å². The lowest BCUT2D eigenvalue weighted by molar-refractivity contribution is 0.0548. The van der Waals surface area contributed by atoms with Gasteiger partial charge in [-0.05, 0) is 40.4 Å². The third-order valence-corrected chi connectivity index (χ3v) is 4.60. The summed E-state index contributed by atoms with van der Waals surface area (Å²) < 4.78 is 7.66. The number of rotatable bonds is 10. The van der Waals surface area contributed by atoms with Gasteiger partial charge in [0.25, 0.3) is 0 Å². The minimum Gasteiger partial charge on any atom is -0.377 e. The molecule has 1 heterocycles. The van der Waals surface area contributed by atoms with Gasteiger partial charge in [0.2, 0.25) is 0 Å². The lowest BCUT2D eigenvalue weighted by Crippen LogP contribution is -2.42. The van der Waals surface area contributed by atoms with E-state index >= 15 is 0 Å². The highest BCUT2D eigenvalue weighted by atomic mass is 35.5. The summed E-state index contributed by atoms with van der Waals surface area (Å²) in [7, 11) is 6.02. The topological polar surface area (TPSA) is 53.8 Å². The second-order valence-corrected chi connectivity index (χ2v) is 6.84.